The van der Waals surface area contributed by atoms with Gasteiger partial charge in [0.2, 0.25) is 0 Å². The maximum Gasteiger partial charge on any atom is 0.119 e. The Labute approximate surface area is 105 Å². The van der Waals surface area contributed by atoms with Gasteiger partial charge in [0, 0.05) is 6.04 Å². The maximum atomic E-state index is 6.08. The van der Waals surface area contributed by atoms with Crippen molar-refractivity contribution in [3.63, 3.8) is 0 Å². The largest absolute Gasteiger partial charge is 0.494 e. The van der Waals surface area contributed by atoms with E-state index in [0.29, 0.717) is 0 Å². The summed E-state index contributed by atoms with van der Waals surface area (Å²) in [5.41, 5.74) is 7.38. The predicted molar refractivity (Wildman–Crippen MR) is 73.4 cm³/mol. The van der Waals surface area contributed by atoms with Crippen molar-refractivity contribution < 1.29 is 4.74 Å². The Hall–Kier alpha value is -1.02. The van der Waals surface area contributed by atoms with Gasteiger partial charge in [0.1, 0.15) is 5.75 Å². The topological polar surface area (TPSA) is 35.2 Å². The molecule has 0 aromatic heterocycles. The fraction of sp³-hybridized carbons (Fsp3) is 0.600. The third kappa shape index (κ3) is 5.73. The van der Waals surface area contributed by atoms with Gasteiger partial charge in [-0.15, -0.1) is 0 Å². The highest BCUT2D eigenvalue weighted by Crippen LogP contribution is 2.14. The smallest absolute Gasteiger partial charge is 0.119 e. The molecule has 0 heterocycles. The number of unbranched alkanes of at least 4 members (excludes halogenated alkanes) is 1. The molecule has 17 heavy (non-hydrogen) atoms. The van der Waals surface area contributed by atoms with E-state index in [9.17, 15) is 0 Å². The second-order valence-corrected chi connectivity index (χ2v) is 4.60. The Morgan fingerprint density at radius 2 is 1.82 bits per heavy atom. The maximum absolute atomic E-state index is 6.08. The van der Waals surface area contributed by atoms with E-state index in [2.05, 4.69) is 26.0 Å². The Morgan fingerprint density at radius 3 is 2.41 bits per heavy atom. The molecule has 1 rings (SSSR count). The van der Waals surface area contributed by atoms with Gasteiger partial charge in [0.25, 0.3) is 0 Å². The van der Waals surface area contributed by atoms with E-state index in [1.807, 2.05) is 12.1 Å². The van der Waals surface area contributed by atoms with Gasteiger partial charge >= 0.3 is 0 Å². The Morgan fingerprint density at radius 1 is 1.12 bits per heavy atom. The van der Waals surface area contributed by atoms with Gasteiger partial charge in [0.15, 0.2) is 0 Å². The third-order valence-corrected chi connectivity index (χ3v) is 2.82. The molecule has 2 nitrogen and oxygen atoms in total. The van der Waals surface area contributed by atoms with Crippen LogP contribution in [0.4, 0.5) is 0 Å². The van der Waals surface area contributed by atoms with Gasteiger partial charge in [0.05, 0.1) is 6.61 Å². The summed E-state index contributed by atoms with van der Waals surface area (Å²) >= 11 is 0. The summed E-state index contributed by atoms with van der Waals surface area (Å²) in [6.45, 7) is 5.10. The van der Waals surface area contributed by atoms with E-state index < -0.39 is 0 Å². The molecule has 0 spiro atoms. The molecule has 0 aliphatic carbocycles. The predicted octanol–water partition coefficient (Wildman–Crippen LogP) is 3.54. The molecule has 0 amide bonds. The zero-order chi connectivity index (χ0) is 12.5. The molecule has 1 aromatic carbocycles. The molecule has 96 valence electrons. The van der Waals surface area contributed by atoms with Crippen LogP contribution in [0.15, 0.2) is 24.3 Å². The van der Waals surface area contributed by atoms with Crippen LogP contribution in [0, 0.1) is 0 Å². The fourth-order valence-corrected chi connectivity index (χ4v) is 1.81. The van der Waals surface area contributed by atoms with Gasteiger partial charge in [-0.1, -0.05) is 38.8 Å². The SMILES string of the molecule is CCCCC(N)Cc1ccc(OCCC)cc1. The first kappa shape index (κ1) is 14.0. The highest BCUT2D eigenvalue weighted by molar-refractivity contribution is 5.27. The fourth-order valence-electron chi connectivity index (χ4n) is 1.81. The molecule has 2 heteroatoms. The number of rotatable bonds is 8. The first-order valence-electron chi connectivity index (χ1n) is 6.73. The average Bonchev–Trinajstić information content (AvgIpc) is 2.35. The van der Waals surface area contributed by atoms with E-state index in [1.54, 1.807) is 0 Å². The van der Waals surface area contributed by atoms with Gasteiger partial charge in [-0.25, -0.2) is 0 Å². The van der Waals surface area contributed by atoms with Crippen LogP contribution in [0.3, 0.4) is 0 Å². The van der Waals surface area contributed by atoms with Crippen molar-refractivity contribution in [1.82, 2.24) is 0 Å². The quantitative estimate of drug-likeness (QED) is 0.748. The monoisotopic (exact) mass is 235 g/mol. The minimum Gasteiger partial charge on any atom is -0.494 e. The number of nitrogens with two attached hydrogens (primary N) is 1. The molecule has 1 atom stereocenters. The first-order chi connectivity index (χ1) is 8.26. The number of hydrogen-bond acceptors (Lipinski definition) is 2. The van der Waals surface area contributed by atoms with Crippen LogP contribution in [-0.2, 0) is 6.42 Å². The summed E-state index contributed by atoms with van der Waals surface area (Å²) in [6, 6.07) is 8.61. The van der Waals surface area contributed by atoms with Crippen LogP contribution in [0.2, 0.25) is 0 Å². The summed E-state index contributed by atoms with van der Waals surface area (Å²) in [7, 11) is 0. The Balaban J connectivity index is 2.39. The van der Waals surface area contributed by atoms with Gasteiger partial charge in [-0.05, 0) is 37.0 Å². The van der Waals surface area contributed by atoms with E-state index in [0.717, 1.165) is 31.6 Å². The van der Waals surface area contributed by atoms with Crippen LogP contribution in [0.5, 0.6) is 5.75 Å². The number of hydrogen-bond donors (Lipinski definition) is 1. The van der Waals surface area contributed by atoms with Crippen LogP contribution in [0.1, 0.15) is 45.1 Å². The molecular weight excluding hydrogens is 210 g/mol. The minimum atomic E-state index is 0.289. The first-order valence-corrected chi connectivity index (χ1v) is 6.73. The van der Waals surface area contributed by atoms with Crippen molar-refractivity contribution in [3.05, 3.63) is 29.8 Å². The molecule has 0 aliphatic rings. The summed E-state index contributed by atoms with van der Waals surface area (Å²) in [4.78, 5) is 0. The Kier molecular flexibility index (Phi) is 6.71. The molecule has 0 fully saturated rings. The van der Waals surface area contributed by atoms with E-state index >= 15 is 0 Å². The molecular formula is C15H25NO. The summed E-state index contributed by atoms with van der Waals surface area (Å²) in [5.74, 6) is 0.956. The van der Waals surface area contributed by atoms with Crippen molar-refractivity contribution >= 4 is 0 Å². The minimum absolute atomic E-state index is 0.289. The van der Waals surface area contributed by atoms with Crippen molar-refractivity contribution in [3.8, 4) is 5.75 Å². The highest BCUT2D eigenvalue weighted by Gasteiger charge is 2.03. The van der Waals surface area contributed by atoms with Crippen LogP contribution >= 0.6 is 0 Å². The lowest BCUT2D eigenvalue weighted by atomic mass is 10.0. The average molecular weight is 235 g/mol. The third-order valence-electron chi connectivity index (χ3n) is 2.82. The highest BCUT2D eigenvalue weighted by atomic mass is 16.5. The van der Waals surface area contributed by atoms with Crippen LogP contribution < -0.4 is 10.5 Å². The zero-order valence-corrected chi connectivity index (χ0v) is 11.1. The lowest BCUT2D eigenvalue weighted by Gasteiger charge is -2.11. The summed E-state index contributed by atoms with van der Waals surface area (Å²) in [5, 5.41) is 0. The van der Waals surface area contributed by atoms with Crippen LogP contribution in [0.25, 0.3) is 0 Å². The standard InChI is InChI=1S/C15H25NO/c1-3-5-6-14(16)12-13-7-9-15(10-8-13)17-11-4-2/h7-10,14H,3-6,11-12,16H2,1-2H3. The van der Waals surface area contributed by atoms with Gasteiger partial charge in [-0.2, -0.15) is 0 Å². The zero-order valence-electron chi connectivity index (χ0n) is 11.1. The van der Waals surface area contributed by atoms with Crippen molar-refractivity contribution in [2.24, 2.45) is 5.73 Å². The van der Waals surface area contributed by atoms with E-state index in [1.165, 1.54) is 18.4 Å². The summed E-state index contributed by atoms with van der Waals surface area (Å²) < 4.78 is 5.55. The van der Waals surface area contributed by atoms with E-state index in [4.69, 9.17) is 10.5 Å². The normalized spacial score (nSPS) is 12.4. The van der Waals surface area contributed by atoms with Gasteiger partial charge < -0.3 is 10.5 Å². The molecule has 0 saturated carbocycles. The number of benzene rings is 1. The Bertz CT molecular complexity index is 294. The molecule has 1 aromatic rings. The lowest BCUT2D eigenvalue weighted by molar-refractivity contribution is 0.317. The molecule has 0 aliphatic heterocycles. The van der Waals surface area contributed by atoms with Crippen molar-refractivity contribution in [1.29, 1.82) is 0 Å². The van der Waals surface area contributed by atoms with Gasteiger partial charge in [-0.3, -0.25) is 0 Å². The molecule has 2 N–H and O–H groups in total. The number of ether oxygens (including phenoxy) is 1. The lowest BCUT2D eigenvalue weighted by Crippen LogP contribution is -2.22. The molecule has 0 saturated heterocycles. The van der Waals surface area contributed by atoms with Crippen molar-refractivity contribution in [2.45, 2.75) is 52.0 Å². The molecule has 1 unspecified atom stereocenters. The second-order valence-electron chi connectivity index (χ2n) is 4.60. The van der Waals surface area contributed by atoms with E-state index in [-0.39, 0.29) is 6.04 Å². The molecule has 0 radical (unpaired) electrons. The molecule has 0 bridgehead atoms. The van der Waals surface area contributed by atoms with Crippen molar-refractivity contribution in [2.75, 3.05) is 6.61 Å². The summed E-state index contributed by atoms with van der Waals surface area (Å²) in [6.07, 6.45) is 5.57. The second kappa shape index (κ2) is 8.13. The van der Waals surface area contributed by atoms with Crippen LogP contribution in [-0.4, -0.2) is 12.6 Å².